The van der Waals surface area contributed by atoms with Gasteiger partial charge < -0.3 is 26.4 Å². The minimum Gasteiger partial charge on any atom is -0.372 e. The number of hydrogen-bond acceptors (Lipinski definition) is 7. The lowest BCUT2D eigenvalue weighted by Crippen LogP contribution is -2.51. The molecule has 2 heterocycles. The van der Waals surface area contributed by atoms with Crippen LogP contribution in [-0.4, -0.2) is 64.7 Å². The van der Waals surface area contributed by atoms with Crippen LogP contribution in [0.25, 0.3) is 10.2 Å². The molecule has 0 radical (unpaired) electrons. The van der Waals surface area contributed by atoms with E-state index in [4.69, 9.17) is 16.2 Å². The number of ketones is 1. The van der Waals surface area contributed by atoms with Crippen LogP contribution in [0.3, 0.4) is 0 Å². The first-order valence-electron chi connectivity index (χ1n) is 15.0. The second kappa shape index (κ2) is 14.9. The minimum absolute atomic E-state index is 0.0386. The third-order valence-corrected chi connectivity index (χ3v) is 8.82. The summed E-state index contributed by atoms with van der Waals surface area (Å²) in [5.41, 5.74) is 14.7. The number of carbonyl (C=O) groups is 3. The van der Waals surface area contributed by atoms with Gasteiger partial charge in [-0.05, 0) is 43.0 Å². The number of aromatic nitrogens is 1. The molecule has 3 atom stereocenters. The molecular formula is C34H38N6O4S. The number of thiazole rings is 1. The monoisotopic (exact) mass is 626 g/mol. The number of aliphatic imine (C=N–C) groups is 1. The molecule has 0 spiro atoms. The molecule has 1 aliphatic rings. The van der Waals surface area contributed by atoms with Gasteiger partial charge >= 0.3 is 0 Å². The first-order valence-corrected chi connectivity index (χ1v) is 15.8. The van der Waals surface area contributed by atoms with Crippen LogP contribution in [0.1, 0.15) is 45.8 Å². The number of para-hydroxylation sites is 1. The Kier molecular flexibility index (Phi) is 10.5. The van der Waals surface area contributed by atoms with E-state index in [1.165, 1.54) is 11.3 Å². The van der Waals surface area contributed by atoms with Crippen LogP contribution in [-0.2, 0) is 27.4 Å². The van der Waals surface area contributed by atoms with Crippen molar-refractivity contribution in [2.24, 2.45) is 16.5 Å². The summed E-state index contributed by atoms with van der Waals surface area (Å²) in [6.07, 6.45) is 0.885. The first-order chi connectivity index (χ1) is 21.8. The Bertz CT molecular complexity index is 1620. The summed E-state index contributed by atoms with van der Waals surface area (Å²) in [5.74, 6) is -0.909. The Balaban J connectivity index is 1.34. The van der Waals surface area contributed by atoms with E-state index in [2.05, 4.69) is 15.3 Å². The van der Waals surface area contributed by atoms with Crippen LogP contribution in [0.15, 0.2) is 83.9 Å². The number of rotatable bonds is 13. The van der Waals surface area contributed by atoms with Crippen LogP contribution in [0.5, 0.6) is 0 Å². The van der Waals surface area contributed by atoms with Crippen molar-refractivity contribution in [2.45, 2.75) is 57.4 Å². The van der Waals surface area contributed by atoms with Gasteiger partial charge in [0.2, 0.25) is 17.6 Å². The topological polar surface area (TPSA) is 153 Å². The molecule has 1 aliphatic heterocycles. The van der Waals surface area contributed by atoms with Gasteiger partial charge in [0.1, 0.15) is 6.04 Å². The zero-order valence-corrected chi connectivity index (χ0v) is 26.0. The quantitative estimate of drug-likeness (QED) is 0.0884. The molecule has 4 aromatic rings. The van der Waals surface area contributed by atoms with Crippen LogP contribution >= 0.6 is 11.3 Å². The summed E-state index contributed by atoms with van der Waals surface area (Å²) in [7, 11) is 0. The number of nitrogens with two attached hydrogens (primary N) is 2. The highest BCUT2D eigenvalue weighted by molar-refractivity contribution is 7.20. The molecule has 11 heteroatoms. The number of benzene rings is 3. The van der Waals surface area contributed by atoms with Gasteiger partial charge in [-0.15, -0.1) is 11.3 Å². The molecule has 1 aromatic heterocycles. The van der Waals surface area contributed by atoms with E-state index in [9.17, 15) is 14.4 Å². The zero-order chi connectivity index (χ0) is 31.8. The van der Waals surface area contributed by atoms with Gasteiger partial charge in [0.05, 0.1) is 35.4 Å². The molecule has 0 unspecified atom stereocenters. The lowest BCUT2D eigenvalue weighted by atomic mass is 10.1. The predicted octanol–water partition coefficient (Wildman–Crippen LogP) is 3.75. The molecule has 5 rings (SSSR count). The number of ether oxygens (including phenoxy) is 1. The Morgan fingerprint density at radius 1 is 1.02 bits per heavy atom. The van der Waals surface area contributed by atoms with Crippen LogP contribution < -0.4 is 16.8 Å². The number of nitrogens with zero attached hydrogens (tertiary/aromatic N) is 3. The van der Waals surface area contributed by atoms with Crippen molar-refractivity contribution in [3.8, 4) is 0 Å². The summed E-state index contributed by atoms with van der Waals surface area (Å²) in [4.78, 5) is 51.4. The summed E-state index contributed by atoms with van der Waals surface area (Å²) in [6.45, 7) is 2.97. The van der Waals surface area contributed by atoms with Crippen molar-refractivity contribution < 1.29 is 19.1 Å². The van der Waals surface area contributed by atoms with Crippen molar-refractivity contribution in [2.75, 3.05) is 13.1 Å². The average molecular weight is 627 g/mol. The van der Waals surface area contributed by atoms with Crippen molar-refractivity contribution in [3.05, 3.63) is 101 Å². The van der Waals surface area contributed by atoms with Crippen LogP contribution in [0.2, 0.25) is 0 Å². The summed E-state index contributed by atoms with van der Waals surface area (Å²) < 4.78 is 7.09. The number of likely N-dealkylation sites (tertiary alicyclic amines) is 1. The Morgan fingerprint density at radius 3 is 2.49 bits per heavy atom. The molecule has 234 valence electrons. The van der Waals surface area contributed by atoms with E-state index < -0.39 is 18.0 Å². The molecule has 2 amide bonds. The van der Waals surface area contributed by atoms with Gasteiger partial charge in [-0.25, -0.2) is 4.98 Å². The maximum Gasteiger partial charge on any atom is 0.243 e. The zero-order valence-electron chi connectivity index (χ0n) is 25.2. The van der Waals surface area contributed by atoms with E-state index in [1.807, 2.05) is 85.8 Å². The molecule has 3 aromatic carbocycles. The fourth-order valence-corrected chi connectivity index (χ4v) is 6.34. The molecule has 45 heavy (non-hydrogen) atoms. The van der Waals surface area contributed by atoms with Crippen molar-refractivity contribution in [1.29, 1.82) is 0 Å². The van der Waals surface area contributed by atoms with Crippen LogP contribution in [0, 0.1) is 6.92 Å². The van der Waals surface area contributed by atoms with E-state index in [0.717, 1.165) is 26.9 Å². The second-order valence-corrected chi connectivity index (χ2v) is 12.3. The third kappa shape index (κ3) is 8.52. The van der Waals surface area contributed by atoms with E-state index in [-0.39, 0.29) is 36.7 Å². The normalized spacial score (nSPS) is 16.8. The minimum atomic E-state index is -0.870. The predicted molar refractivity (Wildman–Crippen MR) is 176 cm³/mol. The largest absolute Gasteiger partial charge is 0.372 e. The highest BCUT2D eigenvalue weighted by atomic mass is 32.1. The smallest absolute Gasteiger partial charge is 0.243 e. The van der Waals surface area contributed by atoms with Gasteiger partial charge in [0.15, 0.2) is 11.0 Å². The van der Waals surface area contributed by atoms with Gasteiger partial charge in [-0.3, -0.25) is 19.4 Å². The number of aryl methyl sites for hydroxylation is 1. The number of nitrogens with one attached hydrogen (secondary N) is 1. The maximum absolute atomic E-state index is 13.9. The molecule has 1 saturated heterocycles. The van der Waals surface area contributed by atoms with Gasteiger partial charge in [-0.2, -0.15) is 0 Å². The molecule has 0 aliphatic carbocycles. The third-order valence-electron chi connectivity index (χ3n) is 7.77. The lowest BCUT2D eigenvalue weighted by molar-refractivity contribution is -0.138. The molecule has 0 bridgehead atoms. The Morgan fingerprint density at radius 2 is 1.76 bits per heavy atom. The number of carbonyl (C=O) groups excluding carboxylic acids is 3. The van der Waals surface area contributed by atoms with E-state index in [0.29, 0.717) is 37.4 Å². The fourth-order valence-electron chi connectivity index (χ4n) is 5.38. The Hall–Kier alpha value is -4.61. The second-order valence-electron chi connectivity index (χ2n) is 11.2. The van der Waals surface area contributed by atoms with Gasteiger partial charge in [0.25, 0.3) is 0 Å². The number of fused-ring (bicyclic) bond motifs is 1. The lowest BCUT2D eigenvalue weighted by Gasteiger charge is -2.26. The number of Topliss-reactive ketones (excluding diaryl/α,β-unsaturated/α-hetero) is 1. The average Bonchev–Trinajstić information content (AvgIpc) is 3.67. The van der Waals surface area contributed by atoms with E-state index >= 15 is 0 Å². The van der Waals surface area contributed by atoms with Crippen molar-refractivity contribution in [1.82, 2.24) is 15.2 Å². The summed E-state index contributed by atoms with van der Waals surface area (Å²) in [5, 5.41) is 3.27. The van der Waals surface area contributed by atoms with Crippen molar-refractivity contribution >= 4 is 45.1 Å². The van der Waals surface area contributed by atoms with Gasteiger partial charge in [-0.1, -0.05) is 72.3 Å². The summed E-state index contributed by atoms with van der Waals surface area (Å²) >= 11 is 1.29. The molecule has 5 N–H and O–H groups in total. The molecule has 0 saturated carbocycles. The standard InChI is InChI=1S/C34H38N6O4S/c1-22-13-15-24(16-14-22)21-44-25-19-28(40(20-25)30(41)18-23-8-3-2-4-9-23)32(43)38-27(11-7-17-37-34(35)36)31(42)33-39-26-10-5-6-12-29(26)45-33/h2-6,8-10,12-16,25,27-28H,7,11,17-21H2,1H3,(H,38,43)(H4,35,36,37)/t25-,27+,28+/m1/s1. The summed E-state index contributed by atoms with van der Waals surface area (Å²) in [6, 6.07) is 23.3. The number of guanidine groups is 1. The van der Waals surface area contributed by atoms with E-state index in [1.54, 1.807) is 4.90 Å². The number of hydrogen-bond donors (Lipinski definition) is 3. The Labute approximate surface area is 266 Å². The van der Waals surface area contributed by atoms with Crippen molar-refractivity contribution in [3.63, 3.8) is 0 Å². The molecular weight excluding hydrogens is 588 g/mol. The van der Waals surface area contributed by atoms with Gasteiger partial charge in [0, 0.05) is 19.5 Å². The highest BCUT2D eigenvalue weighted by Gasteiger charge is 2.41. The van der Waals surface area contributed by atoms with Crippen LogP contribution in [0.4, 0.5) is 0 Å². The fraction of sp³-hybridized carbons (Fsp3) is 0.324. The number of amides is 2. The SMILES string of the molecule is Cc1ccc(CO[C@@H]2C[C@@H](C(=O)N[C@@H](CCCN=C(N)N)C(=O)c3nc4ccccc4s3)N(C(=O)Cc3ccccc3)C2)cc1. The molecule has 1 fully saturated rings. The first kappa shape index (κ1) is 31.8. The highest BCUT2D eigenvalue weighted by Crippen LogP contribution is 2.26. The maximum atomic E-state index is 13.9. The molecule has 10 nitrogen and oxygen atoms in total.